The zero-order chi connectivity index (χ0) is 21.7. The predicted octanol–water partition coefficient (Wildman–Crippen LogP) is 6.45. The first kappa shape index (κ1) is 21.5. The highest BCUT2D eigenvalue weighted by atomic mass is 19.1. The highest BCUT2D eigenvalue weighted by Gasteiger charge is 2.21. The van der Waals surface area contributed by atoms with E-state index >= 15 is 0 Å². The molecule has 0 unspecified atom stereocenters. The van der Waals surface area contributed by atoms with E-state index in [9.17, 15) is 13.6 Å². The highest BCUT2D eigenvalue weighted by Crippen LogP contribution is 2.27. The molecule has 3 rings (SSSR count). The molecule has 1 N–H and O–H groups in total. The topological polar surface area (TPSA) is 38.3 Å². The van der Waals surface area contributed by atoms with Crippen molar-refractivity contribution in [1.29, 1.82) is 0 Å². The van der Waals surface area contributed by atoms with Crippen LogP contribution in [0, 0.1) is 11.6 Å². The molecule has 0 saturated carbocycles. The average Bonchev–Trinajstić information content (AvgIpc) is 2.68. The molecule has 0 aromatic heterocycles. The van der Waals surface area contributed by atoms with Crippen molar-refractivity contribution in [1.82, 2.24) is 0 Å². The molecule has 0 spiro atoms. The van der Waals surface area contributed by atoms with E-state index in [4.69, 9.17) is 4.74 Å². The van der Waals surface area contributed by atoms with Crippen molar-refractivity contribution in [3.8, 4) is 0 Å². The van der Waals surface area contributed by atoms with Gasteiger partial charge < -0.3 is 10.1 Å². The van der Waals surface area contributed by atoms with Crippen LogP contribution in [0.25, 0.3) is 0 Å². The summed E-state index contributed by atoms with van der Waals surface area (Å²) in [6.07, 6.45) is 1.58. The lowest BCUT2D eigenvalue weighted by Gasteiger charge is -2.21. The summed E-state index contributed by atoms with van der Waals surface area (Å²) in [6.45, 7) is 5.35. The molecule has 0 aliphatic carbocycles. The van der Waals surface area contributed by atoms with E-state index < -0.39 is 23.2 Å². The van der Waals surface area contributed by atoms with Gasteiger partial charge >= 0.3 is 5.97 Å². The molecule has 5 heteroatoms. The third-order valence-corrected chi connectivity index (χ3v) is 4.45. The number of carbonyl (C=O) groups is 1. The van der Waals surface area contributed by atoms with E-state index in [1.54, 1.807) is 26.8 Å². The number of nitrogens with one attached hydrogen (secondary N) is 1. The first-order valence-corrected chi connectivity index (χ1v) is 9.83. The minimum Gasteiger partial charge on any atom is -0.456 e. The molecule has 0 aliphatic rings. The summed E-state index contributed by atoms with van der Waals surface area (Å²) in [5.41, 5.74) is 2.31. The average molecular weight is 409 g/mol. The number of benzene rings is 3. The van der Waals surface area contributed by atoms with Crippen LogP contribution in [0.1, 0.15) is 42.3 Å². The maximum atomic E-state index is 14.2. The molecule has 156 valence electrons. The van der Waals surface area contributed by atoms with Gasteiger partial charge in [-0.3, -0.25) is 0 Å². The number of hydrogen-bond donors (Lipinski definition) is 1. The van der Waals surface area contributed by atoms with Gasteiger partial charge in [0.1, 0.15) is 17.2 Å². The molecule has 0 aliphatic heterocycles. The molecule has 3 nitrogen and oxygen atoms in total. The summed E-state index contributed by atoms with van der Waals surface area (Å²) >= 11 is 0. The van der Waals surface area contributed by atoms with Crippen LogP contribution in [-0.4, -0.2) is 11.6 Å². The van der Waals surface area contributed by atoms with Crippen LogP contribution in [0.15, 0.2) is 66.7 Å². The Morgan fingerprint density at radius 1 is 0.867 bits per heavy atom. The van der Waals surface area contributed by atoms with E-state index in [0.29, 0.717) is 5.69 Å². The molecule has 0 heterocycles. The van der Waals surface area contributed by atoms with Crippen molar-refractivity contribution in [3.05, 3.63) is 95.1 Å². The van der Waals surface area contributed by atoms with Crippen LogP contribution in [-0.2, 0) is 17.6 Å². The van der Waals surface area contributed by atoms with E-state index in [2.05, 4.69) is 17.4 Å². The quantitative estimate of drug-likeness (QED) is 0.476. The second-order valence-corrected chi connectivity index (χ2v) is 8.12. The Morgan fingerprint density at radius 3 is 2.23 bits per heavy atom. The molecule has 0 atom stereocenters. The van der Waals surface area contributed by atoms with Crippen molar-refractivity contribution in [2.24, 2.45) is 0 Å². The molecule has 3 aromatic rings. The summed E-state index contributed by atoms with van der Waals surface area (Å²) in [5, 5.41) is 2.93. The molecule has 0 amide bonds. The first-order chi connectivity index (χ1) is 14.2. The summed E-state index contributed by atoms with van der Waals surface area (Å²) in [6, 6.07) is 18.7. The number of hydrogen-bond acceptors (Lipinski definition) is 3. The van der Waals surface area contributed by atoms with Crippen molar-refractivity contribution in [3.63, 3.8) is 0 Å². The fourth-order valence-electron chi connectivity index (χ4n) is 3.03. The van der Waals surface area contributed by atoms with Gasteiger partial charge in [0.25, 0.3) is 0 Å². The second kappa shape index (κ2) is 9.08. The predicted molar refractivity (Wildman–Crippen MR) is 115 cm³/mol. The van der Waals surface area contributed by atoms with Crippen LogP contribution in [0.3, 0.4) is 0 Å². The third-order valence-electron chi connectivity index (χ3n) is 4.45. The van der Waals surface area contributed by atoms with Crippen LogP contribution < -0.4 is 5.32 Å². The minimum absolute atomic E-state index is 0.0846. The summed E-state index contributed by atoms with van der Waals surface area (Å²) in [7, 11) is 0. The molecule has 0 saturated heterocycles. The lowest BCUT2D eigenvalue weighted by atomic mass is 10.0. The minimum atomic E-state index is -0.736. The Labute approximate surface area is 175 Å². The second-order valence-electron chi connectivity index (χ2n) is 8.12. The highest BCUT2D eigenvalue weighted by molar-refractivity contribution is 5.97. The molecule has 30 heavy (non-hydrogen) atoms. The zero-order valence-electron chi connectivity index (χ0n) is 17.3. The molecule has 0 bridgehead atoms. The Kier molecular flexibility index (Phi) is 6.50. The SMILES string of the molecule is CC(C)(C)OC(=O)c1ccc(CCc2ccccc2)cc1Nc1ccc(F)cc1F. The standard InChI is InChI=1S/C25H25F2NO2/c1-25(2,3)30-24(29)20-13-11-18(10-9-17-7-5-4-6-8-17)15-23(20)28-22-14-12-19(26)16-21(22)27/h4-8,11-16,28H,9-10H2,1-3H3. The zero-order valence-corrected chi connectivity index (χ0v) is 17.3. The molecular formula is C25H25F2NO2. The summed E-state index contributed by atoms with van der Waals surface area (Å²) in [5.74, 6) is -1.91. The van der Waals surface area contributed by atoms with Crippen molar-refractivity contribution in [2.45, 2.75) is 39.2 Å². The Hall–Kier alpha value is -3.21. The van der Waals surface area contributed by atoms with Gasteiger partial charge in [0.05, 0.1) is 16.9 Å². The monoisotopic (exact) mass is 409 g/mol. The number of ether oxygens (including phenoxy) is 1. The van der Waals surface area contributed by atoms with Gasteiger partial charge in [-0.2, -0.15) is 0 Å². The first-order valence-electron chi connectivity index (χ1n) is 9.83. The van der Waals surface area contributed by atoms with Crippen LogP contribution >= 0.6 is 0 Å². The number of carbonyl (C=O) groups excluding carboxylic acids is 1. The van der Waals surface area contributed by atoms with Gasteiger partial charge in [0.15, 0.2) is 0 Å². The Bertz CT molecular complexity index is 1030. The Balaban J connectivity index is 1.90. The van der Waals surface area contributed by atoms with Crippen molar-refractivity contribution in [2.75, 3.05) is 5.32 Å². The number of anilines is 2. The summed E-state index contributed by atoms with van der Waals surface area (Å²) < 4.78 is 32.9. The fourth-order valence-corrected chi connectivity index (χ4v) is 3.03. The number of esters is 1. The lowest BCUT2D eigenvalue weighted by molar-refractivity contribution is 0.00707. The van der Waals surface area contributed by atoms with E-state index in [1.165, 1.54) is 11.6 Å². The summed E-state index contributed by atoms with van der Waals surface area (Å²) in [4.78, 5) is 12.7. The molecule has 0 fully saturated rings. The maximum absolute atomic E-state index is 14.2. The van der Waals surface area contributed by atoms with Crippen molar-refractivity contribution >= 4 is 17.3 Å². The van der Waals surface area contributed by atoms with E-state index in [1.807, 2.05) is 30.3 Å². The molecule has 0 radical (unpaired) electrons. The third kappa shape index (κ3) is 5.89. The van der Waals surface area contributed by atoms with Gasteiger partial charge in [-0.15, -0.1) is 0 Å². The van der Waals surface area contributed by atoms with Crippen LogP contribution in [0.5, 0.6) is 0 Å². The number of rotatable bonds is 6. The number of halogens is 2. The van der Waals surface area contributed by atoms with Gasteiger partial charge in [-0.05, 0) is 69.0 Å². The van der Waals surface area contributed by atoms with Gasteiger partial charge in [0.2, 0.25) is 0 Å². The lowest BCUT2D eigenvalue weighted by Crippen LogP contribution is -2.24. The molecule has 3 aromatic carbocycles. The normalized spacial score (nSPS) is 11.2. The van der Waals surface area contributed by atoms with Gasteiger partial charge in [-0.1, -0.05) is 36.4 Å². The van der Waals surface area contributed by atoms with E-state index in [0.717, 1.165) is 30.5 Å². The van der Waals surface area contributed by atoms with Gasteiger partial charge in [0, 0.05) is 6.07 Å². The van der Waals surface area contributed by atoms with Crippen molar-refractivity contribution < 1.29 is 18.3 Å². The number of aryl methyl sites for hydroxylation is 2. The smallest absolute Gasteiger partial charge is 0.340 e. The van der Waals surface area contributed by atoms with Crippen LogP contribution in [0.4, 0.5) is 20.2 Å². The largest absolute Gasteiger partial charge is 0.456 e. The van der Waals surface area contributed by atoms with Crippen LogP contribution in [0.2, 0.25) is 0 Å². The Morgan fingerprint density at radius 2 is 1.57 bits per heavy atom. The fraction of sp³-hybridized carbons (Fsp3) is 0.240. The van der Waals surface area contributed by atoms with Gasteiger partial charge in [-0.25, -0.2) is 13.6 Å². The van der Waals surface area contributed by atoms with E-state index in [-0.39, 0.29) is 11.3 Å². The molecular weight excluding hydrogens is 384 g/mol. The maximum Gasteiger partial charge on any atom is 0.340 e.